The van der Waals surface area contributed by atoms with E-state index in [4.69, 9.17) is 5.14 Å². The van der Waals surface area contributed by atoms with Crippen molar-refractivity contribution in [1.82, 2.24) is 5.16 Å². The highest BCUT2D eigenvalue weighted by Crippen LogP contribution is 2.40. The van der Waals surface area contributed by atoms with Crippen molar-refractivity contribution in [3.05, 3.63) is 54.0 Å². The Morgan fingerprint density at radius 1 is 1.03 bits per heavy atom. The third kappa shape index (κ3) is 4.57. The van der Waals surface area contributed by atoms with E-state index in [1.54, 1.807) is 0 Å². The number of aromatic nitrogens is 1. The van der Waals surface area contributed by atoms with Crippen LogP contribution in [0, 0.1) is 5.82 Å². The van der Waals surface area contributed by atoms with Crippen LogP contribution in [0.1, 0.15) is 12.2 Å². The minimum Gasteiger partial charge on any atom is -0.406 e. The molecule has 160 valence electrons. The standard InChI is InChI=1S/C17H10F6N2O4S/c18-11-7-9(3-6-12(11)30(24,26)27)13-14(25-29-15(13)16(19)20)8-1-4-10(5-2-8)28-17(21,22)23/h1-7,16H,(H2,24,26,27). The Kier molecular flexibility index (Phi) is 5.52. The number of hydrogen-bond donors (Lipinski definition) is 1. The van der Waals surface area contributed by atoms with Crippen LogP contribution in [0.4, 0.5) is 26.3 Å². The number of hydrogen-bond acceptors (Lipinski definition) is 5. The average Bonchev–Trinajstić information content (AvgIpc) is 3.05. The lowest BCUT2D eigenvalue weighted by Gasteiger charge is -2.10. The molecule has 3 aromatic rings. The molecule has 0 atom stereocenters. The molecule has 0 aliphatic carbocycles. The molecule has 0 saturated heterocycles. The zero-order valence-corrected chi connectivity index (χ0v) is 15.3. The Bertz CT molecular complexity index is 1170. The van der Waals surface area contributed by atoms with Crippen molar-refractivity contribution in [1.29, 1.82) is 0 Å². The summed E-state index contributed by atoms with van der Waals surface area (Å²) in [5.74, 6) is -2.80. The molecular weight excluding hydrogens is 442 g/mol. The van der Waals surface area contributed by atoms with Crippen LogP contribution in [0.5, 0.6) is 5.75 Å². The van der Waals surface area contributed by atoms with Crippen LogP contribution >= 0.6 is 0 Å². The van der Waals surface area contributed by atoms with E-state index in [0.717, 1.165) is 36.4 Å². The average molecular weight is 452 g/mol. The number of ether oxygens (including phenoxy) is 1. The van der Waals surface area contributed by atoms with Gasteiger partial charge in [-0.15, -0.1) is 13.2 Å². The summed E-state index contributed by atoms with van der Waals surface area (Å²) in [4.78, 5) is -0.850. The number of sulfonamides is 1. The number of halogens is 6. The number of primary sulfonamides is 1. The largest absolute Gasteiger partial charge is 0.573 e. The minimum atomic E-state index is -4.92. The van der Waals surface area contributed by atoms with Gasteiger partial charge in [-0.2, -0.15) is 0 Å². The maximum absolute atomic E-state index is 14.2. The monoisotopic (exact) mass is 452 g/mol. The molecular formula is C17H10F6N2O4S. The van der Waals surface area contributed by atoms with Gasteiger partial charge in [0.15, 0.2) is 0 Å². The SMILES string of the molecule is NS(=O)(=O)c1ccc(-c2c(-c3ccc(OC(F)(F)F)cc3)noc2C(F)F)cc1F. The molecule has 0 radical (unpaired) electrons. The molecule has 1 heterocycles. The van der Waals surface area contributed by atoms with E-state index >= 15 is 0 Å². The molecule has 2 aromatic carbocycles. The van der Waals surface area contributed by atoms with Crippen LogP contribution < -0.4 is 9.88 Å². The van der Waals surface area contributed by atoms with E-state index in [1.165, 1.54) is 0 Å². The van der Waals surface area contributed by atoms with Crippen molar-refractivity contribution in [2.45, 2.75) is 17.7 Å². The molecule has 2 N–H and O–H groups in total. The Balaban J connectivity index is 2.10. The third-order valence-electron chi connectivity index (χ3n) is 3.81. The molecule has 3 rings (SSSR count). The minimum absolute atomic E-state index is 0.0612. The molecule has 1 aromatic heterocycles. The topological polar surface area (TPSA) is 95.4 Å². The van der Waals surface area contributed by atoms with Gasteiger partial charge in [0.25, 0.3) is 6.43 Å². The van der Waals surface area contributed by atoms with Crippen LogP contribution in [0.15, 0.2) is 51.9 Å². The van der Waals surface area contributed by atoms with Crippen LogP contribution in [0.25, 0.3) is 22.4 Å². The van der Waals surface area contributed by atoms with Gasteiger partial charge in [0.05, 0.1) is 5.56 Å². The summed E-state index contributed by atoms with van der Waals surface area (Å²) in [5, 5.41) is 8.38. The Hall–Kier alpha value is -3.06. The lowest BCUT2D eigenvalue weighted by atomic mass is 9.99. The first-order valence-electron chi connectivity index (χ1n) is 7.83. The van der Waals surface area contributed by atoms with Gasteiger partial charge in [0.1, 0.15) is 22.2 Å². The third-order valence-corrected chi connectivity index (χ3v) is 4.75. The zero-order valence-electron chi connectivity index (χ0n) is 14.5. The Morgan fingerprint density at radius 2 is 1.63 bits per heavy atom. The Labute approximate surface area is 164 Å². The van der Waals surface area contributed by atoms with Gasteiger partial charge in [-0.05, 0) is 42.0 Å². The lowest BCUT2D eigenvalue weighted by Crippen LogP contribution is -2.16. The second-order valence-corrected chi connectivity index (χ2v) is 7.36. The molecule has 0 aliphatic heterocycles. The zero-order chi connectivity index (χ0) is 22.3. The summed E-state index contributed by atoms with van der Waals surface area (Å²) < 4.78 is 109. The van der Waals surface area contributed by atoms with Crippen molar-refractivity contribution >= 4 is 10.0 Å². The van der Waals surface area contributed by atoms with E-state index in [-0.39, 0.29) is 22.4 Å². The predicted molar refractivity (Wildman–Crippen MR) is 90.3 cm³/mol. The van der Waals surface area contributed by atoms with E-state index in [2.05, 4.69) is 14.4 Å². The second kappa shape index (κ2) is 7.65. The number of nitrogens with two attached hydrogens (primary N) is 1. The van der Waals surface area contributed by atoms with Gasteiger partial charge in [-0.25, -0.2) is 26.7 Å². The van der Waals surface area contributed by atoms with E-state index in [1.807, 2.05) is 0 Å². The van der Waals surface area contributed by atoms with Crippen LogP contribution in [-0.2, 0) is 10.0 Å². The van der Waals surface area contributed by atoms with E-state index in [0.29, 0.717) is 6.07 Å². The predicted octanol–water partition coefficient (Wildman–Crippen LogP) is 4.63. The molecule has 0 saturated carbocycles. The van der Waals surface area contributed by atoms with Crippen LogP contribution in [0.2, 0.25) is 0 Å². The summed E-state index contributed by atoms with van der Waals surface area (Å²) in [6.45, 7) is 0. The van der Waals surface area contributed by atoms with Gasteiger partial charge in [0, 0.05) is 5.56 Å². The molecule has 0 bridgehead atoms. The fourth-order valence-electron chi connectivity index (χ4n) is 2.63. The summed E-state index contributed by atoms with van der Waals surface area (Å²) in [5.41, 5.74) is -0.742. The van der Waals surface area contributed by atoms with Gasteiger partial charge >= 0.3 is 6.36 Å². The van der Waals surface area contributed by atoms with Gasteiger partial charge in [-0.1, -0.05) is 11.2 Å². The van der Waals surface area contributed by atoms with Crippen molar-refractivity contribution in [3.8, 4) is 28.1 Å². The maximum Gasteiger partial charge on any atom is 0.573 e. The molecule has 0 spiro atoms. The van der Waals surface area contributed by atoms with Crippen molar-refractivity contribution in [2.75, 3.05) is 0 Å². The normalized spacial score (nSPS) is 12.4. The van der Waals surface area contributed by atoms with E-state index < -0.39 is 45.0 Å². The number of nitrogens with zero attached hydrogens (tertiary/aromatic N) is 1. The number of alkyl halides is 5. The summed E-state index contributed by atoms with van der Waals surface area (Å²) >= 11 is 0. The quantitative estimate of drug-likeness (QED) is 0.570. The molecule has 0 aliphatic rings. The molecule has 6 nitrogen and oxygen atoms in total. The second-order valence-electron chi connectivity index (χ2n) is 5.83. The molecule has 13 heteroatoms. The summed E-state index contributed by atoms with van der Waals surface area (Å²) in [7, 11) is -4.40. The Morgan fingerprint density at radius 3 is 2.13 bits per heavy atom. The fourth-order valence-corrected chi connectivity index (χ4v) is 3.22. The summed E-state index contributed by atoms with van der Waals surface area (Å²) in [6, 6.07) is 6.52. The highest BCUT2D eigenvalue weighted by atomic mass is 32.2. The first kappa shape index (κ1) is 21.6. The fraction of sp³-hybridized carbons (Fsp3) is 0.118. The number of rotatable bonds is 5. The molecule has 30 heavy (non-hydrogen) atoms. The molecule has 0 fully saturated rings. The van der Waals surface area contributed by atoms with Crippen molar-refractivity contribution in [3.63, 3.8) is 0 Å². The summed E-state index contributed by atoms with van der Waals surface area (Å²) in [6.07, 6.45) is -8.10. The maximum atomic E-state index is 14.2. The van der Waals surface area contributed by atoms with Crippen molar-refractivity contribution < 1.29 is 44.0 Å². The van der Waals surface area contributed by atoms with Gasteiger partial charge in [0.2, 0.25) is 15.8 Å². The highest BCUT2D eigenvalue weighted by molar-refractivity contribution is 7.89. The van der Waals surface area contributed by atoms with Gasteiger partial charge < -0.3 is 9.26 Å². The molecule has 0 amide bonds. The number of benzene rings is 2. The van der Waals surface area contributed by atoms with Crippen molar-refractivity contribution in [2.24, 2.45) is 5.14 Å². The van der Waals surface area contributed by atoms with Crippen LogP contribution in [0.3, 0.4) is 0 Å². The first-order valence-corrected chi connectivity index (χ1v) is 9.38. The van der Waals surface area contributed by atoms with E-state index in [9.17, 15) is 34.8 Å². The highest BCUT2D eigenvalue weighted by Gasteiger charge is 2.31. The van der Waals surface area contributed by atoms with Gasteiger partial charge in [-0.3, -0.25) is 0 Å². The lowest BCUT2D eigenvalue weighted by molar-refractivity contribution is -0.274. The molecule has 0 unspecified atom stereocenters. The smallest absolute Gasteiger partial charge is 0.406 e. The van der Waals surface area contributed by atoms with Crippen LogP contribution in [-0.4, -0.2) is 19.9 Å². The first-order chi connectivity index (χ1) is 13.9.